The van der Waals surface area contributed by atoms with Gasteiger partial charge in [-0.05, 0) is 47.5 Å². The van der Waals surface area contributed by atoms with Crippen molar-refractivity contribution in [3.63, 3.8) is 0 Å². The second kappa shape index (κ2) is 8.51. The number of nitrogens with one attached hydrogen (secondary N) is 2. The Kier molecular flexibility index (Phi) is 5.33. The molecule has 3 aromatic carbocycles. The fourth-order valence-corrected chi connectivity index (χ4v) is 6.26. The first-order valence-electron chi connectivity index (χ1n) is 10.9. The lowest BCUT2D eigenvalue weighted by Gasteiger charge is -2.23. The molecular formula is C27H19Cl2N3OS. The normalized spacial score (nSPS) is 11.6. The van der Waals surface area contributed by atoms with Crippen LogP contribution < -0.4 is 0 Å². The van der Waals surface area contributed by atoms with Gasteiger partial charge in [-0.2, -0.15) is 0 Å². The number of fused-ring (bicyclic) bond motifs is 3. The summed E-state index contributed by atoms with van der Waals surface area (Å²) in [5.74, 6) is -0.0950. The zero-order valence-electron chi connectivity index (χ0n) is 17.9. The molecule has 6 rings (SSSR count). The number of benzene rings is 3. The van der Waals surface area contributed by atoms with Gasteiger partial charge in [0.2, 0.25) is 0 Å². The molecule has 1 amide bonds. The first kappa shape index (κ1) is 21.3. The van der Waals surface area contributed by atoms with E-state index in [0.717, 1.165) is 43.0 Å². The van der Waals surface area contributed by atoms with E-state index in [0.29, 0.717) is 28.0 Å². The van der Waals surface area contributed by atoms with E-state index in [4.69, 9.17) is 23.2 Å². The number of hydrogen-bond donors (Lipinski definition) is 2. The van der Waals surface area contributed by atoms with Gasteiger partial charge in [0.1, 0.15) is 4.88 Å². The van der Waals surface area contributed by atoms with Crippen molar-refractivity contribution < 1.29 is 4.79 Å². The molecule has 0 fully saturated rings. The molecule has 0 bridgehead atoms. The first-order chi connectivity index (χ1) is 16.6. The molecule has 3 aromatic heterocycles. The Morgan fingerprint density at radius 3 is 2.03 bits per heavy atom. The molecule has 34 heavy (non-hydrogen) atoms. The van der Waals surface area contributed by atoms with Gasteiger partial charge in [-0.3, -0.25) is 4.79 Å². The largest absolute Gasteiger partial charge is 0.361 e. The highest BCUT2D eigenvalue weighted by Crippen LogP contribution is 2.38. The van der Waals surface area contributed by atoms with Gasteiger partial charge in [0.25, 0.3) is 5.91 Å². The smallest absolute Gasteiger partial charge is 0.266 e. The molecule has 6 aromatic rings. The Morgan fingerprint density at radius 2 is 1.41 bits per heavy atom. The van der Waals surface area contributed by atoms with Crippen molar-refractivity contribution in [3.05, 3.63) is 105 Å². The lowest BCUT2D eigenvalue weighted by Crippen LogP contribution is -2.30. The van der Waals surface area contributed by atoms with Gasteiger partial charge in [0.15, 0.2) is 0 Å². The maximum atomic E-state index is 14.0. The zero-order valence-corrected chi connectivity index (χ0v) is 20.3. The van der Waals surface area contributed by atoms with Crippen LogP contribution in [0.2, 0.25) is 10.0 Å². The highest BCUT2D eigenvalue weighted by atomic mass is 35.5. The van der Waals surface area contributed by atoms with Crippen LogP contribution in [-0.2, 0) is 13.1 Å². The first-order valence-corrected chi connectivity index (χ1v) is 12.4. The van der Waals surface area contributed by atoms with E-state index in [2.05, 4.69) is 34.2 Å². The fourth-order valence-electron chi connectivity index (χ4n) is 4.51. The monoisotopic (exact) mass is 503 g/mol. The molecule has 0 aliphatic carbocycles. The molecule has 0 aliphatic heterocycles. The standard InChI is InChI=1S/C27H19Cl2N3OS/c28-18-7-8-21-24(13-18)34-26(25(21)29)27(33)32(14-16-3-1-5-22-19(16)9-11-30-22)15-17-4-2-6-23-20(17)10-12-31-23/h1-13,30-31H,14-15H2. The molecule has 0 saturated heterocycles. The number of rotatable bonds is 5. The van der Waals surface area contributed by atoms with Gasteiger partial charge in [0, 0.05) is 62.4 Å². The van der Waals surface area contributed by atoms with Crippen LogP contribution in [0.15, 0.2) is 79.1 Å². The summed E-state index contributed by atoms with van der Waals surface area (Å²) >= 11 is 14.3. The minimum Gasteiger partial charge on any atom is -0.361 e. The topological polar surface area (TPSA) is 51.9 Å². The fraction of sp³-hybridized carbons (Fsp3) is 0.0741. The van der Waals surface area contributed by atoms with Crippen molar-refractivity contribution in [3.8, 4) is 0 Å². The predicted molar refractivity (Wildman–Crippen MR) is 142 cm³/mol. The van der Waals surface area contributed by atoms with Gasteiger partial charge in [-0.1, -0.05) is 53.5 Å². The maximum Gasteiger partial charge on any atom is 0.266 e. The van der Waals surface area contributed by atoms with Crippen molar-refractivity contribution in [2.24, 2.45) is 0 Å². The summed E-state index contributed by atoms with van der Waals surface area (Å²) in [5.41, 5.74) is 4.25. The molecule has 0 radical (unpaired) electrons. The van der Waals surface area contributed by atoms with E-state index in [1.165, 1.54) is 11.3 Å². The van der Waals surface area contributed by atoms with Crippen LogP contribution in [0.1, 0.15) is 20.8 Å². The second-order valence-corrected chi connectivity index (χ2v) is 10.1. The second-order valence-electron chi connectivity index (χ2n) is 8.26. The third-order valence-electron chi connectivity index (χ3n) is 6.17. The third-order valence-corrected chi connectivity index (χ3v) is 8.05. The molecule has 7 heteroatoms. The number of amides is 1. The highest BCUT2D eigenvalue weighted by molar-refractivity contribution is 7.21. The van der Waals surface area contributed by atoms with E-state index in [1.54, 1.807) is 6.07 Å². The van der Waals surface area contributed by atoms with Gasteiger partial charge in [0.05, 0.1) is 5.02 Å². The van der Waals surface area contributed by atoms with Crippen molar-refractivity contribution >= 4 is 72.3 Å². The predicted octanol–water partition coefficient (Wildman–Crippen LogP) is 8.01. The summed E-state index contributed by atoms with van der Waals surface area (Å²) < 4.78 is 0.904. The average Bonchev–Trinajstić information content (AvgIpc) is 3.57. The number of hydrogen-bond acceptors (Lipinski definition) is 2. The highest BCUT2D eigenvalue weighted by Gasteiger charge is 2.24. The number of carbonyl (C=O) groups excluding carboxylic acids is 1. The van der Waals surface area contributed by atoms with E-state index >= 15 is 0 Å². The van der Waals surface area contributed by atoms with Gasteiger partial charge in [-0.25, -0.2) is 0 Å². The molecule has 0 spiro atoms. The van der Waals surface area contributed by atoms with Crippen LogP contribution in [0.25, 0.3) is 31.9 Å². The van der Waals surface area contributed by atoms with Crippen molar-refractivity contribution in [2.45, 2.75) is 13.1 Å². The number of aromatic nitrogens is 2. The molecule has 0 aliphatic rings. The van der Waals surface area contributed by atoms with E-state index in [-0.39, 0.29) is 5.91 Å². The van der Waals surface area contributed by atoms with Crippen LogP contribution in [0, 0.1) is 0 Å². The molecule has 3 heterocycles. The SMILES string of the molecule is O=C(c1sc2cc(Cl)ccc2c1Cl)N(Cc1cccc2[nH]ccc12)Cc1cccc2[nH]ccc12. The van der Waals surface area contributed by atoms with Crippen molar-refractivity contribution in [1.29, 1.82) is 0 Å². The van der Waals surface area contributed by atoms with Crippen LogP contribution >= 0.6 is 34.5 Å². The molecule has 4 nitrogen and oxygen atoms in total. The Morgan fingerprint density at radius 1 is 0.794 bits per heavy atom. The summed E-state index contributed by atoms with van der Waals surface area (Å²) in [7, 11) is 0. The average molecular weight is 504 g/mol. The Labute approximate surface area is 209 Å². The third kappa shape index (κ3) is 3.66. The Hall–Kier alpha value is -3.25. The summed E-state index contributed by atoms with van der Waals surface area (Å²) in [5, 5.41) is 4.16. The zero-order chi connectivity index (χ0) is 23.2. The minimum absolute atomic E-state index is 0.0950. The van der Waals surface area contributed by atoms with Crippen molar-refractivity contribution in [1.82, 2.24) is 14.9 Å². The maximum absolute atomic E-state index is 14.0. The molecule has 0 unspecified atom stereocenters. The molecule has 168 valence electrons. The molecular weight excluding hydrogens is 485 g/mol. The molecule has 2 N–H and O–H groups in total. The summed E-state index contributed by atoms with van der Waals surface area (Å²) in [6, 6.07) is 21.9. The quantitative estimate of drug-likeness (QED) is 0.246. The number of aromatic amines is 2. The van der Waals surface area contributed by atoms with Crippen LogP contribution in [-0.4, -0.2) is 20.8 Å². The minimum atomic E-state index is -0.0950. The van der Waals surface area contributed by atoms with Crippen LogP contribution in [0.3, 0.4) is 0 Å². The number of nitrogens with zero attached hydrogens (tertiary/aromatic N) is 1. The lowest BCUT2D eigenvalue weighted by molar-refractivity contribution is 0.0736. The summed E-state index contributed by atoms with van der Waals surface area (Å²) in [4.78, 5) is 22.9. The van der Waals surface area contributed by atoms with E-state index < -0.39 is 0 Å². The number of thiophene rings is 1. The van der Waals surface area contributed by atoms with Gasteiger partial charge < -0.3 is 14.9 Å². The van der Waals surface area contributed by atoms with Gasteiger partial charge in [-0.15, -0.1) is 11.3 Å². The van der Waals surface area contributed by atoms with E-state index in [9.17, 15) is 4.79 Å². The molecule has 0 atom stereocenters. The summed E-state index contributed by atoms with van der Waals surface area (Å²) in [6.07, 6.45) is 3.85. The number of H-pyrrole nitrogens is 2. The van der Waals surface area contributed by atoms with Crippen LogP contribution in [0.4, 0.5) is 0 Å². The summed E-state index contributed by atoms with van der Waals surface area (Å²) in [6.45, 7) is 0.917. The Bertz CT molecular complexity index is 1600. The lowest BCUT2D eigenvalue weighted by atomic mass is 10.1. The van der Waals surface area contributed by atoms with Gasteiger partial charge >= 0.3 is 0 Å². The number of carbonyl (C=O) groups is 1. The van der Waals surface area contributed by atoms with Crippen molar-refractivity contribution in [2.75, 3.05) is 0 Å². The van der Waals surface area contributed by atoms with E-state index in [1.807, 2.05) is 53.7 Å². The van der Waals surface area contributed by atoms with Crippen LogP contribution in [0.5, 0.6) is 0 Å². The number of halogens is 2. The molecule has 0 saturated carbocycles. The Balaban J connectivity index is 1.45.